The van der Waals surface area contributed by atoms with Crippen LogP contribution in [0.25, 0.3) is 0 Å². The number of nitrogens with zero attached hydrogens (tertiary/aromatic N) is 2. The Bertz CT molecular complexity index is 916. The monoisotopic (exact) mass is 479 g/mol. The first-order valence-electron chi connectivity index (χ1n) is 12.0. The highest BCUT2D eigenvalue weighted by Crippen LogP contribution is 2.79. The summed E-state index contributed by atoms with van der Waals surface area (Å²) in [5.74, 6) is -0.399. The lowest BCUT2D eigenvalue weighted by atomic mass is 9.32. The van der Waals surface area contributed by atoms with Crippen LogP contribution >= 0.6 is 12.4 Å². The minimum Gasteiger partial charge on any atom is -0.369 e. The predicted octanol–water partition coefficient (Wildman–Crippen LogP) is 5.27. The molecule has 0 radical (unpaired) electrons. The highest BCUT2D eigenvalue weighted by atomic mass is 35.5. The van der Waals surface area contributed by atoms with E-state index >= 15 is 0 Å². The lowest BCUT2D eigenvalue weighted by Crippen LogP contribution is -2.66. The van der Waals surface area contributed by atoms with Gasteiger partial charge in [0.1, 0.15) is 0 Å². The molecule has 6 rings (SSSR count). The van der Waals surface area contributed by atoms with E-state index in [9.17, 15) is 13.6 Å². The molecule has 182 valence electrons. The molecule has 1 saturated heterocycles. The standard InChI is InChI=1S/C26H35F2N3O.ClH/c1-24(2)8-7-19(21(13-24)25-15-26(16-25,17-25)23(27)28)14-30-9-11-31(12-10-30)20-5-3-18(4-6-20)22(29)32;/h3-6,23H,7-17H2,1-2H3,(H2,29,32);1H. The number of carbonyl (C=O) groups is 1. The summed E-state index contributed by atoms with van der Waals surface area (Å²) in [5, 5.41) is 0. The summed E-state index contributed by atoms with van der Waals surface area (Å²) in [6.07, 6.45) is 3.35. The molecule has 4 fully saturated rings. The van der Waals surface area contributed by atoms with Gasteiger partial charge < -0.3 is 10.6 Å². The third-order valence-electron chi connectivity index (χ3n) is 8.66. The van der Waals surface area contributed by atoms with Gasteiger partial charge in [-0.1, -0.05) is 25.0 Å². The molecule has 1 amide bonds. The molecule has 0 unspecified atom stereocenters. The van der Waals surface area contributed by atoms with E-state index in [4.69, 9.17) is 5.73 Å². The number of hydrogen-bond donors (Lipinski definition) is 1. The van der Waals surface area contributed by atoms with Crippen LogP contribution in [0.5, 0.6) is 0 Å². The first-order valence-corrected chi connectivity index (χ1v) is 12.0. The molecule has 1 aromatic rings. The zero-order valence-corrected chi connectivity index (χ0v) is 20.5. The molecule has 7 heteroatoms. The number of primary amides is 1. The van der Waals surface area contributed by atoms with Crippen molar-refractivity contribution in [2.24, 2.45) is 22.0 Å². The first kappa shape index (κ1) is 24.5. The van der Waals surface area contributed by atoms with Crippen molar-refractivity contribution in [2.45, 2.75) is 58.8 Å². The maximum Gasteiger partial charge on any atom is 0.248 e. The molecule has 4 aliphatic carbocycles. The highest BCUT2D eigenvalue weighted by molar-refractivity contribution is 5.93. The van der Waals surface area contributed by atoms with Gasteiger partial charge in [-0.3, -0.25) is 9.69 Å². The zero-order chi connectivity index (χ0) is 22.7. The molecule has 1 heterocycles. The van der Waals surface area contributed by atoms with E-state index in [1.165, 1.54) is 6.42 Å². The van der Waals surface area contributed by atoms with Gasteiger partial charge in [-0.15, -0.1) is 12.4 Å². The Morgan fingerprint density at radius 1 is 1.06 bits per heavy atom. The molecule has 5 aliphatic rings. The van der Waals surface area contributed by atoms with Gasteiger partial charge in [0.2, 0.25) is 12.3 Å². The average Bonchev–Trinajstić information content (AvgIpc) is 2.68. The molecule has 1 aliphatic heterocycles. The topological polar surface area (TPSA) is 49.6 Å². The van der Waals surface area contributed by atoms with Gasteiger partial charge in [-0.2, -0.15) is 0 Å². The Morgan fingerprint density at radius 3 is 2.21 bits per heavy atom. The van der Waals surface area contributed by atoms with Crippen LogP contribution in [0.4, 0.5) is 14.5 Å². The molecule has 0 atom stereocenters. The Labute approximate surface area is 202 Å². The van der Waals surface area contributed by atoms with Gasteiger partial charge >= 0.3 is 0 Å². The SMILES string of the molecule is CC1(C)CCC(CN2CCN(c3ccc(C(N)=O)cc3)CC2)=C(C23CC(C(F)F)(C2)C3)C1.Cl. The summed E-state index contributed by atoms with van der Waals surface area (Å²) >= 11 is 0. The summed E-state index contributed by atoms with van der Waals surface area (Å²) in [5.41, 5.74) is 9.81. The Kier molecular flexibility index (Phi) is 6.32. The number of carbonyl (C=O) groups excluding carboxylic acids is 1. The lowest BCUT2D eigenvalue weighted by Gasteiger charge is -2.72. The van der Waals surface area contributed by atoms with Gasteiger partial charge in [0, 0.05) is 49.4 Å². The van der Waals surface area contributed by atoms with Gasteiger partial charge in [-0.05, 0) is 73.6 Å². The molecule has 2 N–H and O–H groups in total. The van der Waals surface area contributed by atoms with E-state index in [0.717, 1.165) is 51.3 Å². The van der Waals surface area contributed by atoms with Crippen molar-refractivity contribution in [2.75, 3.05) is 37.6 Å². The number of alkyl halides is 2. The van der Waals surface area contributed by atoms with E-state index < -0.39 is 17.7 Å². The van der Waals surface area contributed by atoms with Crippen LogP contribution < -0.4 is 10.6 Å². The van der Waals surface area contributed by atoms with Crippen molar-refractivity contribution in [3.05, 3.63) is 41.0 Å². The number of amides is 1. The number of rotatable bonds is 6. The van der Waals surface area contributed by atoms with Gasteiger partial charge in [-0.25, -0.2) is 8.78 Å². The zero-order valence-electron chi connectivity index (χ0n) is 19.7. The maximum absolute atomic E-state index is 13.4. The van der Waals surface area contributed by atoms with Crippen molar-refractivity contribution in [1.29, 1.82) is 0 Å². The maximum atomic E-state index is 13.4. The minimum atomic E-state index is -2.16. The second-order valence-corrected chi connectivity index (χ2v) is 11.6. The van der Waals surface area contributed by atoms with E-state index in [0.29, 0.717) is 24.8 Å². The van der Waals surface area contributed by atoms with Crippen LogP contribution in [-0.2, 0) is 0 Å². The molecule has 2 bridgehead atoms. The number of hydrogen-bond acceptors (Lipinski definition) is 3. The van der Waals surface area contributed by atoms with E-state index in [1.54, 1.807) is 23.3 Å². The fraction of sp³-hybridized carbons (Fsp3) is 0.654. The molecule has 33 heavy (non-hydrogen) atoms. The second kappa shape index (κ2) is 8.53. The summed E-state index contributed by atoms with van der Waals surface area (Å²) in [7, 11) is 0. The summed E-state index contributed by atoms with van der Waals surface area (Å²) in [6, 6.07) is 7.53. The summed E-state index contributed by atoms with van der Waals surface area (Å²) < 4.78 is 26.9. The number of piperazine rings is 1. The third kappa shape index (κ3) is 4.29. The molecule has 4 nitrogen and oxygen atoms in total. The van der Waals surface area contributed by atoms with Crippen LogP contribution in [0.15, 0.2) is 35.4 Å². The van der Waals surface area contributed by atoms with Crippen molar-refractivity contribution in [3.8, 4) is 0 Å². The van der Waals surface area contributed by atoms with Crippen LogP contribution in [0, 0.1) is 16.2 Å². The quantitative estimate of drug-likeness (QED) is 0.565. The fourth-order valence-electron chi connectivity index (χ4n) is 6.76. The Balaban J connectivity index is 0.00000259. The minimum absolute atomic E-state index is 0. The molecule has 3 saturated carbocycles. The van der Waals surface area contributed by atoms with Crippen molar-refractivity contribution in [3.63, 3.8) is 0 Å². The van der Waals surface area contributed by atoms with Gasteiger partial charge in [0.15, 0.2) is 0 Å². The fourth-order valence-corrected chi connectivity index (χ4v) is 6.76. The summed E-state index contributed by atoms with van der Waals surface area (Å²) in [6.45, 7) is 9.54. The number of nitrogens with two attached hydrogens (primary N) is 1. The van der Waals surface area contributed by atoms with Crippen molar-refractivity contribution < 1.29 is 13.6 Å². The predicted molar refractivity (Wildman–Crippen MR) is 130 cm³/mol. The highest BCUT2D eigenvalue weighted by Gasteiger charge is 2.73. The number of benzene rings is 1. The van der Waals surface area contributed by atoms with Crippen LogP contribution in [0.1, 0.15) is 62.7 Å². The third-order valence-corrected chi connectivity index (χ3v) is 8.66. The number of allylic oxidation sites excluding steroid dienone is 1. The largest absolute Gasteiger partial charge is 0.369 e. The van der Waals surface area contributed by atoms with Gasteiger partial charge in [0.25, 0.3) is 0 Å². The van der Waals surface area contributed by atoms with Crippen molar-refractivity contribution in [1.82, 2.24) is 4.90 Å². The Morgan fingerprint density at radius 2 is 1.67 bits per heavy atom. The van der Waals surface area contributed by atoms with E-state index in [-0.39, 0.29) is 23.2 Å². The normalized spacial score (nSPS) is 31.0. The van der Waals surface area contributed by atoms with E-state index in [2.05, 4.69) is 23.6 Å². The van der Waals surface area contributed by atoms with Gasteiger partial charge in [0.05, 0.1) is 0 Å². The smallest absolute Gasteiger partial charge is 0.248 e. The lowest BCUT2D eigenvalue weighted by molar-refractivity contribution is -0.250. The molecular weight excluding hydrogens is 444 g/mol. The number of anilines is 1. The Hall–Kier alpha value is -1.66. The molecule has 0 aromatic heterocycles. The number of halogens is 3. The summed E-state index contributed by atoms with van der Waals surface area (Å²) in [4.78, 5) is 16.2. The molecule has 1 aromatic carbocycles. The molecule has 0 spiro atoms. The van der Waals surface area contributed by atoms with Crippen molar-refractivity contribution >= 4 is 24.0 Å². The molecular formula is C26H36ClF2N3O. The van der Waals surface area contributed by atoms with Crippen LogP contribution in [0.3, 0.4) is 0 Å². The average molecular weight is 480 g/mol. The van der Waals surface area contributed by atoms with Crippen LogP contribution in [0.2, 0.25) is 0 Å². The second-order valence-electron chi connectivity index (χ2n) is 11.6. The first-order chi connectivity index (χ1) is 15.1. The van der Waals surface area contributed by atoms with E-state index in [1.807, 2.05) is 12.1 Å². The van der Waals surface area contributed by atoms with Crippen LogP contribution in [-0.4, -0.2) is 50.0 Å².